The van der Waals surface area contributed by atoms with Crippen LogP contribution in [0.1, 0.15) is 22.6 Å². The molecule has 0 fully saturated rings. The maximum Gasteiger partial charge on any atom is 0.244 e. The first-order valence-electron chi connectivity index (χ1n) is 6.44. The molecule has 2 heterocycles. The maximum atomic E-state index is 11.8. The molecule has 0 aromatic carbocycles. The number of pyridine rings is 1. The molecule has 0 aliphatic heterocycles. The largest absolute Gasteiger partial charge is 0.347 e. The Hall–Kier alpha value is -2.43. The van der Waals surface area contributed by atoms with Gasteiger partial charge in [-0.25, -0.2) is 0 Å². The summed E-state index contributed by atoms with van der Waals surface area (Å²) in [4.78, 5) is 15.9. The van der Waals surface area contributed by atoms with Crippen LogP contribution in [-0.4, -0.2) is 20.7 Å². The fourth-order valence-corrected chi connectivity index (χ4v) is 1.93. The van der Waals surface area contributed by atoms with Crippen molar-refractivity contribution in [2.75, 3.05) is 0 Å². The molecule has 0 atom stereocenters. The lowest BCUT2D eigenvalue weighted by molar-refractivity contribution is -0.116. The van der Waals surface area contributed by atoms with Gasteiger partial charge < -0.3 is 5.32 Å². The Kier molecular flexibility index (Phi) is 4.30. The molecule has 104 valence electrons. The molecule has 5 heteroatoms. The smallest absolute Gasteiger partial charge is 0.244 e. The van der Waals surface area contributed by atoms with Crippen LogP contribution in [0.4, 0.5) is 0 Å². The average Bonchev–Trinajstić information content (AvgIpc) is 2.69. The lowest BCUT2D eigenvalue weighted by Crippen LogP contribution is -2.20. The summed E-state index contributed by atoms with van der Waals surface area (Å²) in [6.07, 6.45) is 5.03. The van der Waals surface area contributed by atoms with Crippen molar-refractivity contribution in [2.45, 2.75) is 20.4 Å². The molecule has 20 heavy (non-hydrogen) atoms. The van der Waals surface area contributed by atoms with Crippen molar-refractivity contribution >= 4 is 12.0 Å². The van der Waals surface area contributed by atoms with Gasteiger partial charge in [0, 0.05) is 30.6 Å². The number of hydrogen-bond acceptors (Lipinski definition) is 3. The molecule has 0 saturated heterocycles. The molecule has 0 aliphatic rings. The number of amides is 1. The van der Waals surface area contributed by atoms with Crippen LogP contribution in [0, 0.1) is 13.8 Å². The van der Waals surface area contributed by atoms with Crippen LogP contribution in [0.15, 0.2) is 30.5 Å². The van der Waals surface area contributed by atoms with Gasteiger partial charge in [-0.2, -0.15) is 5.10 Å². The van der Waals surface area contributed by atoms with Crippen LogP contribution in [0.3, 0.4) is 0 Å². The van der Waals surface area contributed by atoms with Gasteiger partial charge in [0.1, 0.15) is 0 Å². The second kappa shape index (κ2) is 6.14. The Morgan fingerprint density at radius 1 is 1.40 bits per heavy atom. The van der Waals surface area contributed by atoms with E-state index in [-0.39, 0.29) is 5.91 Å². The van der Waals surface area contributed by atoms with Gasteiger partial charge in [0.2, 0.25) is 5.91 Å². The van der Waals surface area contributed by atoms with E-state index in [0.29, 0.717) is 6.54 Å². The minimum Gasteiger partial charge on any atom is -0.347 e. The molecule has 5 nitrogen and oxygen atoms in total. The normalized spacial score (nSPS) is 10.9. The highest BCUT2D eigenvalue weighted by molar-refractivity contribution is 5.91. The molecular weight excluding hydrogens is 252 g/mol. The van der Waals surface area contributed by atoms with Crippen LogP contribution in [-0.2, 0) is 18.4 Å². The Morgan fingerprint density at radius 2 is 2.20 bits per heavy atom. The van der Waals surface area contributed by atoms with Crippen LogP contribution in [0.5, 0.6) is 0 Å². The summed E-state index contributed by atoms with van der Waals surface area (Å²) in [7, 11) is 1.89. The minimum atomic E-state index is -0.140. The van der Waals surface area contributed by atoms with Crippen LogP contribution in [0.2, 0.25) is 0 Å². The lowest BCUT2D eigenvalue weighted by Gasteiger charge is -2.01. The molecule has 0 bridgehead atoms. The van der Waals surface area contributed by atoms with Gasteiger partial charge in [0.25, 0.3) is 0 Å². The Morgan fingerprint density at radius 3 is 2.80 bits per heavy atom. The Balaban J connectivity index is 1.96. The van der Waals surface area contributed by atoms with E-state index < -0.39 is 0 Å². The highest BCUT2D eigenvalue weighted by Crippen LogP contribution is 2.13. The monoisotopic (exact) mass is 270 g/mol. The van der Waals surface area contributed by atoms with Crippen molar-refractivity contribution in [1.29, 1.82) is 0 Å². The fraction of sp³-hybridized carbons (Fsp3) is 0.267. The topological polar surface area (TPSA) is 59.8 Å². The number of nitrogens with zero attached hydrogens (tertiary/aromatic N) is 3. The zero-order chi connectivity index (χ0) is 14.5. The van der Waals surface area contributed by atoms with E-state index in [4.69, 9.17) is 0 Å². The minimum absolute atomic E-state index is 0.140. The molecule has 1 N–H and O–H groups in total. The van der Waals surface area contributed by atoms with Crippen LogP contribution >= 0.6 is 0 Å². The second-order valence-electron chi connectivity index (χ2n) is 4.58. The van der Waals surface area contributed by atoms with Crippen molar-refractivity contribution in [3.05, 3.63) is 53.1 Å². The molecule has 2 aromatic rings. The van der Waals surface area contributed by atoms with Crippen LogP contribution < -0.4 is 5.32 Å². The van der Waals surface area contributed by atoms with Gasteiger partial charge in [-0.3, -0.25) is 14.5 Å². The van der Waals surface area contributed by atoms with Gasteiger partial charge >= 0.3 is 0 Å². The predicted octanol–water partition coefficient (Wildman–Crippen LogP) is 1.76. The third-order valence-electron chi connectivity index (χ3n) is 3.14. The standard InChI is InChI=1S/C15H18N4O/c1-11-14(12(2)19(3)18-11)7-8-15(20)17-10-13-6-4-5-9-16-13/h4-9H,10H2,1-3H3,(H,17,20)/b8-7+. The zero-order valence-corrected chi connectivity index (χ0v) is 11.9. The lowest BCUT2D eigenvalue weighted by atomic mass is 10.2. The first kappa shape index (κ1) is 14.0. The number of aryl methyl sites for hydroxylation is 2. The quantitative estimate of drug-likeness (QED) is 0.861. The van der Waals surface area contributed by atoms with E-state index in [1.807, 2.05) is 39.1 Å². The Bertz CT molecular complexity index is 629. The van der Waals surface area contributed by atoms with Gasteiger partial charge in [-0.1, -0.05) is 6.07 Å². The van der Waals surface area contributed by atoms with E-state index in [1.165, 1.54) is 6.08 Å². The third kappa shape index (κ3) is 3.32. The van der Waals surface area contributed by atoms with Crippen LogP contribution in [0.25, 0.3) is 6.08 Å². The summed E-state index contributed by atoms with van der Waals surface area (Å²) in [5.41, 5.74) is 3.78. The molecular formula is C15H18N4O. The van der Waals surface area contributed by atoms with Gasteiger partial charge in [0.15, 0.2) is 0 Å². The van der Waals surface area contributed by atoms with E-state index in [0.717, 1.165) is 22.6 Å². The maximum absolute atomic E-state index is 11.8. The zero-order valence-electron chi connectivity index (χ0n) is 11.9. The summed E-state index contributed by atoms with van der Waals surface area (Å²) < 4.78 is 1.81. The number of aromatic nitrogens is 3. The highest BCUT2D eigenvalue weighted by atomic mass is 16.1. The highest BCUT2D eigenvalue weighted by Gasteiger charge is 2.06. The summed E-state index contributed by atoms with van der Waals surface area (Å²) in [5.74, 6) is -0.140. The first-order chi connectivity index (χ1) is 9.58. The molecule has 0 aliphatic carbocycles. The number of nitrogens with one attached hydrogen (secondary N) is 1. The molecule has 0 unspecified atom stereocenters. The van der Waals surface area contributed by atoms with E-state index in [9.17, 15) is 4.79 Å². The van der Waals surface area contributed by atoms with E-state index in [1.54, 1.807) is 17.0 Å². The van der Waals surface area contributed by atoms with E-state index >= 15 is 0 Å². The molecule has 2 aromatic heterocycles. The SMILES string of the molecule is Cc1nn(C)c(C)c1/C=C/C(=O)NCc1ccccn1. The fourth-order valence-electron chi connectivity index (χ4n) is 1.93. The summed E-state index contributed by atoms with van der Waals surface area (Å²) in [6.45, 7) is 4.33. The van der Waals surface area contributed by atoms with Gasteiger partial charge in [0.05, 0.1) is 17.9 Å². The second-order valence-corrected chi connectivity index (χ2v) is 4.58. The van der Waals surface area contributed by atoms with Gasteiger partial charge in [-0.05, 0) is 32.1 Å². The van der Waals surface area contributed by atoms with Crippen molar-refractivity contribution in [3.8, 4) is 0 Å². The van der Waals surface area contributed by atoms with Gasteiger partial charge in [-0.15, -0.1) is 0 Å². The third-order valence-corrected chi connectivity index (χ3v) is 3.14. The van der Waals surface area contributed by atoms with Crippen molar-refractivity contribution < 1.29 is 4.79 Å². The van der Waals surface area contributed by atoms with Crippen molar-refractivity contribution in [3.63, 3.8) is 0 Å². The number of hydrogen-bond donors (Lipinski definition) is 1. The van der Waals surface area contributed by atoms with Crippen molar-refractivity contribution in [2.24, 2.45) is 7.05 Å². The van der Waals surface area contributed by atoms with E-state index in [2.05, 4.69) is 15.4 Å². The summed E-state index contributed by atoms with van der Waals surface area (Å²) in [5, 5.41) is 7.11. The predicted molar refractivity (Wildman–Crippen MR) is 77.8 cm³/mol. The molecule has 2 rings (SSSR count). The van der Waals surface area contributed by atoms with Crippen molar-refractivity contribution in [1.82, 2.24) is 20.1 Å². The molecule has 1 amide bonds. The summed E-state index contributed by atoms with van der Waals surface area (Å²) >= 11 is 0. The molecule has 0 spiro atoms. The molecule has 0 saturated carbocycles. The summed E-state index contributed by atoms with van der Waals surface area (Å²) in [6, 6.07) is 5.62. The number of carbonyl (C=O) groups is 1. The molecule has 0 radical (unpaired) electrons. The first-order valence-corrected chi connectivity index (χ1v) is 6.44. The number of rotatable bonds is 4. The average molecular weight is 270 g/mol. The number of carbonyl (C=O) groups excluding carboxylic acids is 1. The Labute approximate surface area is 118 Å².